The highest BCUT2D eigenvalue weighted by Gasteiger charge is 2.02. The van der Waals surface area contributed by atoms with Gasteiger partial charge in [0.25, 0.3) is 0 Å². The van der Waals surface area contributed by atoms with Gasteiger partial charge in [0.1, 0.15) is 0 Å². The van der Waals surface area contributed by atoms with E-state index in [-0.39, 0.29) is 0 Å². The van der Waals surface area contributed by atoms with Crippen LogP contribution < -0.4 is 10.6 Å². The van der Waals surface area contributed by atoms with E-state index >= 15 is 0 Å². The lowest BCUT2D eigenvalue weighted by Crippen LogP contribution is -2.16. The Kier molecular flexibility index (Phi) is 6.24. The monoisotopic (exact) mass is 239 g/mol. The lowest BCUT2D eigenvalue weighted by Gasteiger charge is -2.12. The highest BCUT2D eigenvalue weighted by Crippen LogP contribution is 2.06. The molecule has 0 saturated heterocycles. The Labute approximate surface area is 102 Å². The van der Waals surface area contributed by atoms with Crippen LogP contribution in [0.15, 0.2) is 6.20 Å². The van der Waals surface area contributed by atoms with E-state index in [1.165, 1.54) is 0 Å². The Morgan fingerprint density at radius 2 is 2.29 bits per heavy atom. The summed E-state index contributed by atoms with van der Waals surface area (Å²) in [4.78, 5) is 4.32. The number of ether oxygens (including phenoxy) is 1. The zero-order valence-electron chi connectivity index (χ0n) is 10.7. The number of nitrogens with one attached hydrogen (secondary N) is 2. The van der Waals surface area contributed by atoms with E-state index in [1.54, 1.807) is 13.3 Å². The van der Waals surface area contributed by atoms with Gasteiger partial charge in [-0.25, -0.2) is 0 Å². The zero-order valence-corrected chi connectivity index (χ0v) is 10.7. The number of methoxy groups -OCH3 is 1. The lowest BCUT2D eigenvalue weighted by atomic mass is 10.3. The molecule has 1 atom stereocenters. The van der Waals surface area contributed by atoms with E-state index in [9.17, 15) is 0 Å². The fraction of sp³-hybridized carbons (Fsp3) is 0.727. The van der Waals surface area contributed by atoms with Crippen LogP contribution in [0.2, 0.25) is 0 Å². The summed E-state index contributed by atoms with van der Waals surface area (Å²) in [6, 6.07) is 0.382. The molecule has 0 amide bonds. The first-order chi connectivity index (χ1) is 8.26. The molecule has 0 saturated carbocycles. The number of nitrogens with zero attached hydrogens (tertiary/aromatic N) is 3. The number of hydrogen-bond acceptors (Lipinski definition) is 6. The summed E-state index contributed by atoms with van der Waals surface area (Å²) in [5, 5.41) is 14.2. The number of hydrogen-bond donors (Lipinski definition) is 2. The molecule has 17 heavy (non-hydrogen) atoms. The van der Waals surface area contributed by atoms with Crippen molar-refractivity contribution in [2.75, 3.05) is 30.9 Å². The molecule has 0 radical (unpaired) electrons. The highest BCUT2D eigenvalue weighted by atomic mass is 16.5. The molecule has 96 valence electrons. The minimum absolute atomic E-state index is 0.382. The van der Waals surface area contributed by atoms with Crippen LogP contribution in [0.4, 0.5) is 11.8 Å². The van der Waals surface area contributed by atoms with Gasteiger partial charge in [-0.2, -0.15) is 10.1 Å². The average Bonchev–Trinajstić information content (AvgIpc) is 2.35. The predicted molar refractivity (Wildman–Crippen MR) is 68.2 cm³/mol. The van der Waals surface area contributed by atoms with Gasteiger partial charge in [0.05, 0.1) is 6.20 Å². The van der Waals surface area contributed by atoms with Gasteiger partial charge < -0.3 is 15.4 Å². The first-order valence-corrected chi connectivity index (χ1v) is 5.95. The van der Waals surface area contributed by atoms with Crippen molar-refractivity contribution in [1.29, 1.82) is 0 Å². The quantitative estimate of drug-likeness (QED) is 0.670. The van der Waals surface area contributed by atoms with Crippen LogP contribution in [-0.4, -0.2) is 41.5 Å². The van der Waals surface area contributed by atoms with Gasteiger partial charge in [-0.05, 0) is 19.8 Å². The van der Waals surface area contributed by atoms with Gasteiger partial charge >= 0.3 is 0 Å². The number of anilines is 2. The molecule has 1 aromatic heterocycles. The largest absolute Gasteiger partial charge is 0.385 e. The van der Waals surface area contributed by atoms with Crippen LogP contribution >= 0.6 is 0 Å². The first kappa shape index (κ1) is 13.6. The second-order valence-corrected chi connectivity index (χ2v) is 3.89. The molecule has 1 rings (SSSR count). The summed E-state index contributed by atoms with van der Waals surface area (Å²) < 4.78 is 4.96. The summed E-state index contributed by atoms with van der Waals surface area (Å²) >= 11 is 0. The predicted octanol–water partition coefficient (Wildman–Crippen LogP) is 1.53. The van der Waals surface area contributed by atoms with Crippen molar-refractivity contribution in [3.63, 3.8) is 0 Å². The Morgan fingerprint density at radius 3 is 3.00 bits per heavy atom. The maximum Gasteiger partial charge on any atom is 0.244 e. The zero-order chi connectivity index (χ0) is 12.5. The molecule has 1 heterocycles. The van der Waals surface area contributed by atoms with Gasteiger partial charge in [-0.15, -0.1) is 5.10 Å². The summed E-state index contributed by atoms with van der Waals surface area (Å²) in [5.41, 5.74) is 0. The second kappa shape index (κ2) is 7.78. The van der Waals surface area contributed by atoms with Gasteiger partial charge in [0.2, 0.25) is 5.95 Å². The highest BCUT2D eigenvalue weighted by molar-refractivity contribution is 5.37. The van der Waals surface area contributed by atoms with Crippen molar-refractivity contribution in [2.45, 2.75) is 32.7 Å². The molecule has 1 aromatic rings. The van der Waals surface area contributed by atoms with E-state index < -0.39 is 0 Å². The molecule has 0 aliphatic heterocycles. The molecule has 0 bridgehead atoms. The molecule has 0 aliphatic carbocycles. The normalized spacial score (nSPS) is 12.2. The summed E-state index contributed by atoms with van der Waals surface area (Å²) in [7, 11) is 1.69. The molecule has 6 nitrogen and oxygen atoms in total. The van der Waals surface area contributed by atoms with Crippen LogP contribution in [-0.2, 0) is 4.74 Å². The summed E-state index contributed by atoms with van der Waals surface area (Å²) in [6.07, 6.45) is 3.59. The molecule has 0 spiro atoms. The fourth-order valence-electron chi connectivity index (χ4n) is 1.22. The average molecular weight is 239 g/mol. The smallest absolute Gasteiger partial charge is 0.244 e. The van der Waals surface area contributed by atoms with Crippen molar-refractivity contribution in [1.82, 2.24) is 15.2 Å². The summed E-state index contributed by atoms with van der Waals surface area (Å²) in [6.45, 7) is 5.73. The molecule has 0 fully saturated rings. The molecule has 0 aromatic carbocycles. The van der Waals surface area contributed by atoms with E-state index in [2.05, 4.69) is 39.7 Å². The third-order valence-corrected chi connectivity index (χ3v) is 2.37. The van der Waals surface area contributed by atoms with Crippen LogP contribution in [0.1, 0.15) is 26.7 Å². The Hall–Kier alpha value is -1.43. The fourth-order valence-corrected chi connectivity index (χ4v) is 1.22. The molecule has 2 N–H and O–H groups in total. The van der Waals surface area contributed by atoms with Crippen molar-refractivity contribution >= 4 is 11.8 Å². The molecule has 6 heteroatoms. The first-order valence-electron chi connectivity index (χ1n) is 5.95. The third-order valence-electron chi connectivity index (χ3n) is 2.37. The van der Waals surface area contributed by atoms with Crippen LogP contribution in [0, 0.1) is 0 Å². The van der Waals surface area contributed by atoms with E-state index in [0.29, 0.717) is 12.0 Å². The van der Waals surface area contributed by atoms with Gasteiger partial charge in [-0.1, -0.05) is 6.92 Å². The number of aromatic nitrogens is 3. The third kappa shape index (κ3) is 5.44. The topological polar surface area (TPSA) is 72.0 Å². The molecule has 0 aliphatic rings. The maximum absolute atomic E-state index is 4.96. The summed E-state index contributed by atoms with van der Waals surface area (Å²) in [5.74, 6) is 1.30. The SMILES string of the molecule is CCC(C)Nc1cnnc(NCCCOC)n1. The Bertz CT molecular complexity index is 320. The van der Waals surface area contributed by atoms with Gasteiger partial charge in [-0.3, -0.25) is 0 Å². The molecular weight excluding hydrogens is 218 g/mol. The van der Waals surface area contributed by atoms with Crippen molar-refractivity contribution in [3.05, 3.63) is 6.20 Å². The minimum Gasteiger partial charge on any atom is -0.385 e. The van der Waals surface area contributed by atoms with Crippen LogP contribution in [0.5, 0.6) is 0 Å². The van der Waals surface area contributed by atoms with E-state index in [0.717, 1.165) is 31.8 Å². The minimum atomic E-state index is 0.382. The van der Waals surface area contributed by atoms with E-state index in [1.807, 2.05) is 0 Å². The van der Waals surface area contributed by atoms with E-state index in [4.69, 9.17) is 4.74 Å². The number of rotatable bonds is 8. The lowest BCUT2D eigenvalue weighted by molar-refractivity contribution is 0.197. The standard InChI is InChI=1S/C11H21N5O/c1-4-9(2)14-10-8-13-16-11(15-10)12-6-5-7-17-3/h8-9H,4-7H2,1-3H3,(H2,12,14,15,16). The Morgan fingerprint density at radius 1 is 1.47 bits per heavy atom. The van der Waals surface area contributed by atoms with Crippen molar-refractivity contribution < 1.29 is 4.74 Å². The van der Waals surface area contributed by atoms with Crippen molar-refractivity contribution in [3.8, 4) is 0 Å². The Balaban J connectivity index is 2.42. The van der Waals surface area contributed by atoms with Gasteiger partial charge in [0.15, 0.2) is 5.82 Å². The van der Waals surface area contributed by atoms with Crippen LogP contribution in [0.25, 0.3) is 0 Å². The molecule has 1 unspecified atom stereocenters. The maximum atomic E-state index is 4.96. The molecular formula is C11H21N5O. The van der Waals surface area contributed by atoms with Crippen LogP contribution in [0.3, 0.4) is 0 Å². The van der Waals surface area contributed by atoms with Gasteiger partial charge in [0, 0.05) is 26.3 Å². The van der Waals surface area contributed by atoms with Crippen molar-refractivity contribution in [2.24, 2.45) is 0 Å². The second-order valence-electron chi connectivity index (χ2n) is 3.89.